The Balaban J connectivity index is 1.57. The quantitative estimate of drug-likeness (QED) is 0.807. The summed E-state index contributed by atoms with van der Waals surface area (Å²) in [5.41, 5.74) is 3.56. The fourth-order valence-electron chi connectivity index (χ4n) is 2.86. The van der Waals surface area contributed by atoms with E-state index in [1.165, 1.54) is 11.3 Å². The van der Waals surface area contributed by atoms with E-state index in [0.717, 1.165) is 37.6 Å². The molecule has 1 fully saturated rings. The summed E-state index contributed by atoms with van der Waals surface area (Å²) in [6.07, 6.45) is 0.0509. The number of rotatable bonds is 6. The van der Waals surface area contributed by atoms with Gasteiger partial charge in [-0.25, -0.2) is 0 Å². The first kappa shape index (κ1) is 16.8. The summed E-state index contributed by atoms with van der Waals surface area (Å²) < 4.78 is 16.7. The summed E-state index contributed by atoms with van der Waals surface area (Å²) in [6.45, 7) is 6.19. The van der Waals surface area contributed by atoms with Crippen LogP contribution in [0.1, 0.15) is 24.2 Å². The maximum Gasteiger partial charge on any atom is 0.119 e. The predicted octanol–water partition coefficient (Wildman–Crippen LogP) is 3.81. The molecule has 1 aliphatic rings. The highest BCUT2D eigenvalue weighted by Crippen LogP contribution is 2.23. The molecule has 1 unspecified atom stereocenters. The zero-order valence-corrected chi connectivity index (χ0v) is 14.4. The zero-order chi connectivity index (χ0) is 16.8. The van der Waals surface area contributed by atoms with Crippen LogP contribution in [-0.4, -0.2) is 33.4 Å². The summed E-state index contributed by atoms with van der Waals surface area (Å²) >= 11 is 0. The van der Waals surface area contributed by atoms with Gasteiger partial charge in [0.15, 0.2) is 0 Å². The summed E-state index contributed by atoms with van der Waals surface area (Å²) in [4.78, 5) is 2.36. The SMILES string of the molecule is COc1cccc(COC(C)c2ccc(N3CCOCC3)cc2)c1. The summed E-state index contributed by atoms with van der Waals surface area (Å²) in [5.74, 6) is 0.860. The average molecular weight is 327 g/mol. The largest absolute Gasteiger partial charge is 0.497 e. The highest BCUT2D eigenvalue weighted by Gasteiger charge is 2.12. The molecule has 4 nitrogen and oxygen atoms in total. The highest BCUT2D eigenvalue weighted by atomic mass is 16.5. The maximum atomic E-state index is 6.01. The van der Waals surface area contributed by atoms with Crippen molar-refractivity contribution in [2.24, 2.45) is 0 Å². The topological polar surface area (TPSA) is 30.9 Å². The van der Waals surface area contributed by atoms with Gasteiger partial charge in [0.05, 0.1) is 33.0 Å². The van der Waals surface area contributed by atoms with Crippen molar-refractivity contribution in [2.45, 2.75) is 19.6 Å². The van der Waals surface area contributed by atoms with Crippen LogP contribution in [0, 0.1) is 0 Å². The van der Waals surface area contributed by atoms with Gasteiger partial charge in [0.2, 0.25) is 0 Å². The van der Waals surface area contributed by atoms with E-state index in [2.05, 4.69) is 42.2 Å². The van der Waals surface area contributed by atoms with Gasteiger partial charge >= 0.3 is 0 Å². The van der Waals surface area contributed by atoms with E-state index in [0.29, 0.717) is 6.61 Å². The van der Waals surface area contributed by atoms with Crippen molar-refractivity contribution < 1.29 is 14.2 Å². The Bertz CT molecular complexity index is 636. The summed E-state index contributed by atoms with van der Waals surface area (Å²) in [5, 5.41) is 0. The first-order valence-electron chi connectivity index (χ1n) is 8.43. The second-order valence-corrected chi connectivity index (χ2v) is 6.00. The molecule has 0 bridgehead atoms. The first-order valence-corrected chi connectivity index (χ1v) is 8.43. The van der Waals surface area contributed by atoms with Crippen LogP contribution in [0.2, 0.25) is 0 Å². The molecule has 24 heavy (non-hydrogen) atoms. The normalized spacial score (nSPS) is 16.0. The third kappa shape index (κ3) is 4.28. The van der Waals surface area contributed by atoms with Crippen LogP contribution in [-0.2, 0) is 16.1 Å². The third-order valence-corrected chi connectivity index (χ3v) is 4.37. The van der Waals surface area contributed by atoms with Gasteiger partial charge in [-0.05, 0) is 42.3 Å². The van der Waals surface area contributed by atoms with E-state index in [9.17, 15) is 0 Å². The van der Waals surface area contributed by atoms with Crippen LogP contribution >= 0.6 is 0 Å². The maximum absolute atomic E-state index is 6.01. The fraction of sp³-hybridized carbons (Fsp3) is 0.400. The van der Waals surface area contributed by atoms with Crippen molar-refractivity contribution in [2.75, 3.05) is 38.3 Å². The van der Waals surface area contributed by atoms with Gasteiger partial charge in [0, 0.05) is 18.8 Å². The molecule has 0 N–H and O–H groups in total. The lowest BCUT2D eigenvalue weighted by atomic mass is 10.1. The second kappa shape index (κ2) is 8.18. The standard InChI is InChI=1S/C20H25NO3/c1-16(24-15-17-4-3-5-20(14-17)22-2)18-6-8-19(9-7-18)21-10-12-23-13-11-21/h3-9,14,16H,10-13,15H2,1-2H3. The van der Waals surface area contributed by atoms with Gasteiger partial charge < -0.3 is 19.1 Å². The Morgan fingerprint density at radius 2 is 1.83 bits per heavy atom. The van der Waals surface area contributed by atoms with Gasteiger partial charge in [-0.2, -0.15) is 0 Å². The zero-order valence-electron chi connectivity index (χ0n) is 14.4. The van der Waals surface area contributed by atoms with E-state index in [1.54, 1.807) is 7.11 Å². The molecule has 2 aromatic rings. The molecular formula is C20H25NO3. The van der Waals surface area contributed by atoms with Crippen LogP contribution in [0.4, 0.5) is 5.69 Å². The molecule has 2 aromatic carbocycles. The minimum Gasteiger partial charge on any atom is -0.497 e. The van der Waals surface area contributed by atoms with Crippen molar-refractivity contribution in [1.82, 2.24) is 0 Å². The molecule has 1 atom stereocenters. The molecule has 0 spiro atoms. The fourth-order valence-corrected chi connectivity index (χ4v) is 2.86. The molecule has 1 aliphatic heterocycles. The Kier molecular flexibility index (Phi) is 5.72. The Morgan fingerprint density at radius 3 is 2.54 bits per heavy atom. The van der Waals surface area contributed by atoms with Gasteiger partial charge in [0.25, 0.3) is 0 Å². The van der Waals surface area contributed by atoms with Gasteiger partial charge in [-0.15, -0.1) is 0 Å². The number of hydrogen-bond acceptors (Lipinski definition) is 4. The van der Waals surface area contributed by atoms with Crippen molar-refractivity contribution in [3.63, 3.8) is 0 Å². The number of anilines is 1. The average Bonchev–Trinajstić information content (AvgIpc) is 2.67. The molecule has 0 amide bonds. The molecule has 0 aliphatic carbocycles. The van der Waals surface area contributed by atoms with Crippen molar-refractivity contribution in [3.05, 3.63) is 59.7 Å². The van der Waals surface area contributed by atoms with Crippen LogP contribution < -0.4 is 9.64 Å². The molecule has 1 heterocycles. The minimum atomic E-state index is 0.0509. The smallest absolute Gasteiger partial charge is 0.119 e. The Hall–Kier alpha value is -2.04. The molecule has 128 valence electrons. The van der Waals surface area contributed by atoms with Gasteiger partial charge in [0.1, 0.15) is 5.75 Å². The molecule has 0 aromatic heterocycles. The number of hydrogen-bond donors (Lipinski definition) is 0. The minimum absolute atomic E-state index is 0.0509. The lowest BCUT2D eigenvalue weighted by Gasteiger charge is -2.29. The first-order chi connectivity index (χ1) is 11.8. The van der Waals surface area contributed by atoms with Crippen molar-refractivity contribution >= 4 is 5.69 Å². The number of ether oxygens (including phenoxy) is 3. The predicted molar refractivity (Wildman–Crippen MR) is 95.7 cm³/mol. The number of benzene rings is 2. The van der Waals surface area contributed by atoms with E-state index in [4.69, 9.17) is 14.2 Å². The van der Waals surface area contributed by atoms with Crippen molar-refractivity contribution in [3.8, 4) is 5.75 Å². The lowest BCUT2D eigenvalue weighted by molar-refractivity contribution is 0.0524. The van der Waals surface area contributed by atoms with Gasteiger partial charge in [-0.3, -0.25) is 0 Å². The third-order valence-electron chi connectivity index (χ3n) is 4.37. The van der Waals surface area contributed by atoms with Crippen LogP contribution in [0.5, 0.6) is 5.75 Å². The van der Waals surface area contributed by atoms with Crippen LogP contribution in [0.15, 0.2) is 48.5 Å². The summed E-state index contributed by atoms with van der Waals surface area (Å²) in [6, 6.07) is 16.6. The molecule has 0 saturated carbocycles. The number of methoxy groups -OCH3 is 1. The molecule has 3 rings (SSSR count). The second-order valence-electron chi connectivity index (χ2n) is 6.00. The monoisotopic (exact) mass is 327 g/mol. The lowest BCUT2D eigenvalue weighted by Crippen LogP contribution is -2.36. The van der Waals surface area contributed by atoms with E-state index in [1.807, 2.05) is 18.2 Å². The molecular weight excluding hydrogens is 302 g/mol. The number of morpholine rings is 1. The molecule has 4 heteroatoms. The number of nitrogens with zero attached hydrogens (tertiary/aromatic N) is 1. The Morgan fingerprint density at radius 1 is 1.08 bits per heavy atom. The van der Waals surface area contributed by atoms with E-state index >= 15 is 0 Å². The van der Waals surface area contributed by atoms with E-state index < -0.39 is 0 Å². The van der Waals surface area contributed by atoms with Crippen LogP contribution in [0.25, 0.3) is 0 Å². The van der Waals surface area contributed by atoms with E-state index in [-0.39, 0.29) is 6.10 Å². The summed E-state index contributed by atoms with van der Waals surface area (Å²) in [7, 11) is 1.68. The van der Waals surface area contributed by atoms with Gasteiger partial charge in [-0.1, -0.05) is 24.3 Å². The van der Waals surface area contributed by atoms with Crippen molar-refractivity contribution in [1.29, 1.82) is 0 Å². The van der Waals surface area contributed by atoms with Crippen LogP contribution in [0.3, 0.4) is 0 Å². The molecule has 1 saturated heterocycles. The highest BCUT2D eigenvalue weighted by molar-refractivity contribution is 5.48. The Labute approximate surface area is 144 Å². The molecule has 0 radical (unpaired) electrons.